The van der Waals surface area contributed by atoms with Gasteiger partial charge in [0.05, 0.1) is 11.1 Å². The molecule has 11 nitrogen and oxygen atoms in total. The van der Waals surface area contributed by atoms with Gasteiger partial charge in [-0.05, 0) is 54.1 Å². The van der Waals surface area contributed by atoms with Crippen molar-refractivity contribution in [3.63, 3.8) is 0 Å². The van der Waals surface area contributed by atoms with Gasteiger partial charge in [0, 0.05) is 32.4 Å². The summed E-state index contributed by atoms with van der Waals surface area (Å²) >= 11 is 0. The molecular weight excluding hydrogens is 634 g/mol. The lowest BCUT2D eigenvalue weighted by Gasteiger charge is -2.40. The van der Waals surface area contributed by atoms with Crippen LogP contribution in [-0.4, -0.2) is 72.0 Å². The molecule has 4 aromatic rings. The first-order valence-corrected chi connectivity index (χ1v) is 14.4. The normalized spacial score (nSPS) is 16.4. The van der Waals surface area contributed by atoms with Crippen molar-refractivity contribution in [1.29, 1.82) is 0 Å². The fraction of sp³-hybridized carbons (Fsp3) is 0.259. The van der Waals surface area contributed by atoms with E-state index in [1.807, 2.05) is 0 Å². The van der Waals surface area contributed by atoms with Crippen molar-refractivity contribution < 1.29 is 49.0 Å². The molecule has 1 N–H and O–H groups in total. The molecule has 0 spiro atoms. The van der Waals surface area contributed by atoms with Gasteiger partial charge in [-0.15, -0.1) is 26.3 Å². The van der Waals surface area contributed by atoms with Gasteiger partial charge in [0.25, 0.3) is 0 Å². The molecule has 1 amide bonds. The number of piperazine rings is 1. The molecule has 0 unspecified atom stereocenters. The molecule has 18 heteroatoms. The van der Waals surface area contributed by atoms with Crippen LogP contribution < -0.4 is 19.7 Å². The Morgan fingerprint density at radius 1 is 0.889 bits per heavy atom. The fourth-order valence-electron chi connectivity index (χ4n) is 4.54. The monoisotopic (exact) mass is 656 g/mol. The second-order valence-electron chi connectivity index (χ2n) is 9.58. The summed E-state index contributed by atoms with van der Waals surface area (Å²) in [6.07, 6.45) is -6.89. The van der Waals surface area contributed by atoms with E-state index in [0.717, 1.165) is 40.7 Å². The molecule has 2 aromatic carbocycles. The van der Waals surface area contributed by atoms with Crippen LogP contribution >= 0.6 is 0 Å². The van der Waals surface area contributed by atoms with E-state index >= 15 is 0 Å². The smallest absolute Gasteiger partial charge is 0.406 e. The third-order valence-corrected chi connectivity index (χ3v) is 8.47. The molecule has 0 aliphatic carbocycles. The number of carbonyl (C=O) groups excluding carboxylic acids is 1. The largest absolute Gasteiger partial charge is 0.573 e. The van der Waals surface area contributed by atoms with Gasteiger partial charge in [-0.25, -0.2) is 23.4 Å². The van der Waals surface area contributed by atoms with Crippen LogP contribution in [0.4, 0.5) is 32.2 Å². The van der Waals surface area contributed by atoms with Crippen LogP contribution in [0.15, 0.2) is 78.0 Å². The SMILES string of the molecule is O=C(NCc1ccc(OC(F)(F)F)cc1)[C@H]1CN(c2cnc3ncccc3n2)CCN1S(=O)(=O)c1ccc(OC(F)(F)F)cc1. The molecule has 1 aliphatic heterocycles. The first kappa shape index (κ1) is 31.7. The van der Waals surface area contributed by atoms with Gasteiger partial charge in [0.1, 0.15) is 28.9 Å². The number of sulfonamides is 1. The fourth-order valence-corrected chi connectivity index (χ4v) is 6.11. The van der Waals surface area contributed by atoms with E-state index in [4.69, 9.17) is 0 Å². The van der Waals surface area contributed by atoms with E-state index in [-0.39, 0.29) is 31.1 Å². The predicted molar refractivity (Wildman–Crippen MR) is 145 cm³/mol. The lowest BCUT2D eigenvalue weighted by atomic mass is 10.1. The highest BCUT2D eigenvalue weighted by molar-refractivity contribution is 7.89. The maximum Gasteiger partial charge on any atom is 0.573 e. The van der Waals surface area contributed by atoms with E-state index in [2.05, 4.69) is 29.7 Å². The minimum Gasteiger partial charge on any atom is -0.406 e. The van der Waals surface area contributed by atoms with Gasteiger partial charge >= 0.3 is 12.7 Å². The number of anilines is 1. The molecule has 1 aliphatic rings. The average molecular weight is 657 g/mol. The quantitative estimate of drug-likeness (QED) is 0.280. The Kier molecular flexibility index (Phi) is 8.70. The number of benzene rings is 2. The van der Waals surface area contributed by atoms with Crippen molar-refractivity contribution in [1.82, 2.24) is 24.6 Å². The summed E-state index contributed by atoms with van der Waals surface area (Å²) in [5.41, 5.74) is 1.24. The Hall–Kier alpha value is -4.71. The number of hydrogen-bond donors (Lipinski definition) is 1. The van der Waals surface area contributed by atoms with E-state index in [1.54, 1.807) is 23.2 Å². The molecule has 0 bridgehead atoms. The molecule has 0 radical (unpaired) electrons. The van der Waals surface area contributed by atoms with Crippen molar-refractivity contribution >= 4 is 32.9 Å². The summed E-state index contributed by atoms with van der Waals surface area (Å²) in [5.74, 6) is -1.49. The van der Waals surface area contributed by atoms with Gasteiger partial charge in [0.2, 0.25) is 15.9 Å². The Morgan fingerprint density at radius 3 is 2.13 bits per heavy atom. The van der Waals surface area contributed by atoms with E-state index in [0.29, 0.717) is 22.5 Å². The highest BCUT2D eigenvalue weighted by atomic mass is 32.2. The molecule has 2 aromatic heterocycles. The maximum atomic E-state index is 13.7. The number of fused-ring (bicyclic) bond motifs is 1. The third-order valence-electron chi connectivity index (χ3n) is 6.55. The predicted octanol–water partition coefficient (Wildman–Crippen LogP) is 4.02. The summed E-state index contributed by atoms with van der Waals surface area (Å²) < 4.78 is 111. The van der Waals surface area contributed by atoms with Gasteiger partial charge in [0.15, 0.2) is 5.65 Å². The standard InChI is InChI=1S/C27H22F6N6O5S/c28-26(29,30)43-18-5-3-17(4-6-18)14-36-25(40)22-16-38(23-15-35-24-21(37-23)2-1-11-34-24)12-13-39(22)45(41,42)20-9-7-19(8-10-20)44-27(31,32)33/h1-11,15,22H,12-14,16H2,(H,36,40)/t22-/m1/s1. The highest BCUT2D eigenvalue weighted by Gasteiger charge is 2.41. The van der Waals surface area contributed by atoms with E-state index < -0.39 is 46.2 Å². The Labute approximate surface area is 251 Å². The molecular formula is C27H22F6N6O5S. The summed E-state index contributed by atoms with van der Waals surface area (Å²) in [6.45, 7) is -0.476. The topological polar surface area (TPSA) is 127 Å². The number of carbonyl (C=O) groups is 1. The van der Waals surface area contributed by atoms with Crippen LogP contribution in [0, 0.1) is 0 Å². The Morgan fingerprint density at radius 2 is 1.51 bits per heavy atom. The lowest BCUT2D eigenvalue weighted by Crippen LogP contribution is -2.60. The minimum atomic E-state index is -4.98. The van der Waals surface area contributed by atoms with Crippen LogP contribution in [0.5, 0.6) is 11.5 Å². The van der Waals surface area contributed by atoms with E-state index in [9.17, 15) is 39.6 Å². The van der Waals surface area contributed by atoms with Crippen molar-refractivity contribution in [3.05, 3.63) is 78.6 Å². The van der Waals surface area contributed by atoms with Crippen LogP contribution in [0.1, 0.15) is 5.56 Å². The van der Waals surface area contributed by atoms with Crippen molar-refractivity contribution in [2.24, 2.45) is 0 Å². The van der Waals surface area contributed by atoms with Crippen LogP contribution in [0.3, 0.4) is 0 Å². The van der Waals surface area contributed by atoms with Gasteiger partial charge < -0.3 is 19.7 Å². The Bertz CT molecular complexity index is 1770. The number of aromatic nitrogens is 3. The molecule has 1 saturated heterocycles. The zero-order valence-corrected chi connectivity index (χ0v) is 23.6. The summed E-state index contributed by atoms with van der Waals surface area (Å²) in [4.78, 5) is 27.7. The molecule has 1 atom stereocenters. The van der Waals surface area contributed by atoms with Crippen molar-refractivity contribution in [2.75, 3.05) is 24.5 Å². The zero-order chi connectivity index (χ0) is 32.4. The highest BCUT2D eigenvalue weighted by Crippen LogP contribution is 2.28. The number of nitrogens with one attached hydrogen (secondary N) is 1. The first-order valence-electron chi connectivity index (χ1n) is 13.0. The van der Waals surface area contributed by atoms with E-state index in [1.165, 1.54) is 18.3 Å². The number of hydrogen-bond acceptors (Lipinski definition) is 9. The molecule has 3 heterocycles. The summed E-state index contributed by atoms with van der Waals surface area (Å²) in [5, 5.41) is 2.60. The molecule has 5 rings (SSSR count). The van der Waals surface area contributed by atoms with Crippen molar-refractivity contribution in [3.8, 4) is 11.5 Å². The molecule has 238 valence electrons. The average Bonchev–Trinajstić information content (AvgIpc) is 2.98. The summed E-state index contributed by atoms with van der Waals surface area (Å²) in [6, 6.07) is 10.3. The van der Waals surface area contributed by atoms with Crippen LogP contribution in [0.2, 0.25) is 0 Å². The number of amides is 1. The van der Waals surface area contributed by atoms with Crippen molar-refractivity contribution in [2.45, 2.75) is 30.2 Å². The second-order valence-corrected chi connectivity index (χ2v) is 11.5. The molecule has 0 saturated carbocycles. The zero-order valence-electron chi connectivity index (χ0n) is 22.8. The number of nitrogens with zero attached hydrogens (tertiary/aromatic N) is 5. The number of alkyl halides is 6. The number of pyridine rings is 1. The van der Waals surface area contributed by atoms with Gasteiger partial charge in [-0.1, -0.05) is 12.1 Å². The lowest BCUT2D eigenvalue weighted by molar-refractivity contribution is -0.275. The third kappa shape index (κ3) is 7.88. The van der Waals surface area contributed by atoms with Gasteiger partial charge in [-0.2, -0.15) is 4.31 Å². The molecule has 45 heavy (non-hydrogen) atoms. The minimum absolute atomic E-state index is 0.0827. The number of halogens is 6. The van der Waals surface area contributed by atoms with Crippen LogP contribution in [-0.2, 0) is 21.4 Å². The summed E-state index contributed by atoms with van der Waals surface area (Å²) in [7, 11) is -4.42. The maximum absolute atomic E-state index is 13.7. The second kappa shape index (κ2) is 12.4. The van der Waals surface area contributed by atoms with Crippen LogP contribution in [0.25, 0.3) is 11.2 Å². The number of ether oxygens (including phenoxy) is 2. The van der Waals surface area contributed by atoms with Gasteiger partial charge in [-0.3, -0.25) is 4.79 Å². The molecule has 1 fully saturated rings. The Balaban J connectivity index is 1.38. The number of rotatable bonds is 8. The first-order chi connectivity index (χ1) is 21.2.